The lowest BCUT2D eigenvalue weighted by atomic mass is 9.59. The number of hydrogen-bond acceptors (Lipinski definition) is 3. The summed E-state index contributed by atoms with van der Waals surface area (Å²) in [7, 11) is 0. The predicted octanol–water partition coefficient (Wildman–Crippen LogP) is 3.69. The molecule has 2 rings (SSSR count). The van der Waals surface area contributed by atoms with Crippen molar-refractivity contribution in [3.63, 3.8) is 0 Å². The molecular weight excluding hydrogens is 302 g/mol. The first kappa shape index (κ1) is 18.5. The van der Waals surface area contributed by atoms with Gasteiger partial charge < -0.3 is 10.8 Å². The summed E-state index contributed by atoms with van der Waals surface area (Å²) < 4.78 is 0. The van der Waals surface area contributed by atoms with Crippen molar-refractivity contribution < 1.29 is 14.7 Å². The zero-order valence-corrected chi connectivity index (χ0v) is 15.1. The van der Waals surface area contributed by atoms with Gasteiger partial charge in [-0.05, 0) is 57.3 Å². The molecule has 5 unspecified atom stereocenters. The number of aliphatic hydroxyl groups excluding tert-OH is 1. The molecule has 132 valence electrons. The van der Waals surface area contributed by atoms with E-state index in [2.05, 4.69) is 19.9 Å². The van der Waals surface area contributed by atoms with Crippen LogP contribution in [-0.2, 0) is 9.59 Å². The minimum absolute atomic E-state index is 0.0835. The molecule has 0 aromatic heterocycles. The monoisotopic (exact) mass is 331 g/mol. The molecule has 0 spiro atoms. The van der Waals surface area contributed by atoms with Gasteiger partial charge in [0.1, 0.15) is 11.3 Å². The maximum atomic E-state index is 11.8. The van der Waals surface area contributed by atoms with Gasteiger partial charge in [-0.15, -0.1) is 0 Å². The van der Waals surface area contributed by atoms with Gasteiger partial charge in [-0.2, -0.15) is 0 Å². The fourth-order valence-electron chi connectivity index (χ4n) is 4.59. The lowest BCUT2D eigenvalue weighted by Gasteiger charge is -2.45. The summed E-state index contributed by atoms with van der Waals surface area (Å²) in [5.41, 5.74) is 6.32. The predicted molar refractivity (Wildman–Crippen MR) is 95.1 cm³/mol. The van der Waals surface area contributed by atoms with E-state index in [4.69, 9.17) is 5.73 Å². The molecule has 2 aliphatic rings. The Labute approximate surface area is 144 Å². The molecule has 2 aliphatic carbocycles. The molecule has 1 fully saturated rings. The van der Waals surface area contributed by atoms with Crippen LogP contribution in [0.4, 0.5) is 0 Å². The molecule has 0 radical (unpaired) electrons. The van der Waals surface area contributed by atoms with E-state index in [1.54, 1.807) is 0 Å². The molecule has 0 aromatic rings. The largest absolute Gasteiger partial charge is 0.511 e. The number of carbonyl (C=O) groups excluding carboxylic acids is 2. The SMILES string of the molecule is C/C=C/C1C(/C(O)=C(/C(C)=O)C(N)=O)C=C(C)C2CCC(C)CC21. The van der Waals surface area contributed by atoms with Crippen LogP contribution < -0.4 is 5.73 Å². The molecule has 1 amide bonds. The summed E-state index contributed by atoms with van der Waals surface area (Å²) >= 11 is 0. The highest BCUT2D eigenvalue weighted by Gasteiger charge is 2.42. The molecule has 1 saturated carbocycles. The Hall–Kier alpha value is -1.84. The standard InChI is InChI=1S/C20H29NO3/c1-5-6-15-16-9-11(2)7-8-14(16)12(3)10-17(15)19(23)18(13(4)22)20(21)24/h5-6,10-11,14-17,23H,7-9H2,1-4H3,(H2,21,24)/b6-5+,19-18+. The van der Waals surface area contributed by atoms with Crippen LogP contribution in [-0.4, -0.2) is 16.8 Å². The maximum Gasteiger partial charge on any atom is 0.255 e. The summed E-state index contributed by atoms with van der Waals surface area (Å²) in [6.45, 7) is 7.60. The highest BCUT2D eigenvalue weighted by Crippen LogP contribution is 2.49. The molecule has 3 N–H and O–H groups in total. The van der Waals surface area contributed by atoms with Gasteiger partial charge in [0.15, 0.2) is 5.78 Å². The number of aliphatic hydroxyl groups is 1. The van der Waals surface area contributed by atoms with Crippen molar-refractivity contribution in [2.75, 3.05) is 0 Å². The Morgan fingerprint density at radius 2 is 2.00 bits per heavy atom. The average Bonchev–Trinajstić information content (AvgIpc) is 2.48. The van der Waals surface area contributed by atoms with Crippen molar-refractivity contribution in [3.05, 3.63) is 35.1 Å². The molecule has 4 nitrogen and oxygen atoms in total. The van der Waals surface area contributed by atoms with Crippen LogP contribution >= 0.6 is 0 Å². The quantitative estimate of drug-likeness (QED) is 0.271. The first-order chi connectivity index (χ1) is 11.3. The van der Waals surface area contributed by atoms with Crippen LogP contribution in [0.2, 0.25) is 0 Å². The van der Waals surface area contributed by atoms with Gasteiger partial charge in [-0.25, -0.2) is 0 Å². The number of carbonyl (C=O) groups is 2. The Kier molecular flexibility index (Phi) is 5.68. The highest BCUT2D eigenvalue weighted by molar-refractivity contribution is 6.18. The zero-order chi connectivity index (χ0) is 18.0. The second-order valence-electron chi connectivity index (χ2n) is 7.41. The number of fused-ring (bicyclic) bond motifs is 1. The molecule has 0 aliphatic heterocycles. The Morgan fingerprint density at radius 3 is 2.54 bits per heavy atom. The summed E-state index contributed by atoms with van der Waals surface area (Å²) in [5.74, 6) is -0.202. The van der Waals surface area contributed by atoms with Crippen molar-refractivity contribution in [2.24, 2.45) is 35.3 Å². The van der Waals surface area contributed by atoms with E-state index in [0.717, 1.165) is 12.8 Å². The third-order valence-corrected chi connectivity index (χ3v) is 5.68. The van der Waals surface area contributed by atoms with Gasteiger partial charge >= 0.3 is 0 Å². The molecule has 0 aromatic carbocycles. The van der Waals surface area contributed by atoms with E-state index in [9.17, 15) is 14.7 Å². The fraction of sp³-hybridized carbons (Fsp3) is 0.600. The molecule has 5 atom stereocenters. The minimum atomic E-state index is -0.857. The smallest absolute Gasteiger partial charge is 0.255 e. The molecule has 24 heavy (non-hydrogen) atoms. The Balaban J connectivity index is 2.54. The third-order valence-electron chi connectivity index (χ3n) is 5.68. The van der Waals surface area contributed by atoms with E-state index in [1.807, 2.05) is 19.1 Å². The van der Waals surface area contributed by atoms with Gasteiger partial charge in [0, 0.05) is 5.92 Å². The molecule has 0 saturated heterocycles. The summed E-state index contributed by atoms with van der Waals surface area (Å²) in [5, 5.41) is 10.7. The average molecular weight is 331 g/mol. The lowest BCUT2D eigenvalue weighted by Crippen LogP contribution is -2.38. The number of rotatable bonds is 4. The third kappa shape index (κ3) is 3.47. The van der Waals surface area contributed by atoms with Crippen molar-refractivity contribution in [3.8, 4) is 0 Å². The number of nitrogens with two attached hydrogens (primary N) is 1. The fourth-order valence-corrected chi connectivity index (χ4v) is 4.59. The first-order valence-corrected chi connectivity index (χ1v) is 8.82. The summed E-state index contributed by atoms with van der Waals surface area (Å²) in [6.07, 6.45) is 9.62. The van der Waals surface area contributed by atoms with Crippen LogP contribution in [0.25, 0.3) is 0 Å². The van der Waals surface area contributed by atoms with E-state index < -0.39 is 11.7 Å². The second kappa shape index (κ2) is 7.37. The zero-order valence-electron chi connectivity index (χ0n) is 15.1. The van der Waals surface area contributed by atoms with Crippen molar-refractivity contribution in [2.45, 2.75) is 47.0 Å². The minimum Gasteiger partial charge on any atom is -0.511 e. The molecule has 0 bridgehead atoms. The van der Waals surface area contributed by atoms with Crippen molar-refractivity contribution in [1.29, 1.82) is 0 Å². The Bertz CT molecular complexity index is 598. The molecule has 4 heteroatoms. The molecular formula is C20H29NO3. The lowest BCUT2D eigenvalue weighted by molar-refractivity contribution is -0.120. The van der Waals surface area contributed by atoms with E-state index in [1.165, 1.54) is 18.9 Å². The van der Waals surface area contributed by atoms with Crippen LogP contribution in [0, 0.1) is 29.6 Å². The van der Waals surface area contributed by atoms with E-state index >= 15 is 0 Å². The van der Waals surface area contributed by atoms with Crippen LogP contribution in [0.15, 0.2) is 35.1 Å². The van der Waals surface area contributed by atoms with E-state index in [0.29, 0.717) is 17.8 Å². The topological polar surface area (TPSA) is 80.4 Å². The van der Waals surface area contributed by atoms with Crippen molar-refractivity contribution >= 4 is 11.7 Å². The van der Waals surface area contributed by atoms with Gasteiger partial charge in [0.05, 0.1) is 0 Å². The van der Waals surface area contributed by atoms with Gasteiger partial charge in [0.2, 0.25) is 0 Å². The van der Waals surface area contributed by atoms with Crippen LogP contribution in [0.1, 0.15) is 47.0 Å². The first-order valence-electron chi connectivity index (χ1n) is 8.82. The number of allylic oxidation sites excluding steroid dienone is 4. The number of ketones is 1. The number of primary amides is 1. The van der Waals surface area contributed by atoms with Gasteiger partial charge in [0.25, 0.3) is 5.91 Å². The van der Waals surface area contributed by atoms with E-state index in [-0.39, 0.29) is 23.2 Å². The number of Topliss-reactive ketones (excluding diaryl/α,β-unsaturated/α-hetero) is 1. The maximum absolute atomic E-state index is 11.8. The summed E-state index contributed by atoms with van der Waals surface area (Å²) in [4.78, 5) is 23.4. The summed E-state index contributed by atoms with van der Waals surface area (Å²) in [6, 6.07) is 0. The van der Waals surface area contributed by atoms with Gasteiger partial charge in [-0.1, -0.05) is 37.1 Å². The van der Waals surface area contributed by atoms with Crippen LogP contribution in [0.5, 0.6) is 0 Å². The number of amides is 1. The normalized spacial score (nSPS) is 34.3. The second-order valence-corrected chi connectivity index (χ2v) is 7.41. The Morgan fingerprint density at radius 1 is 1.33 bits per heavy atom. The number of hydrogen-bond donors (Lipinski definition) is 2. The van der Waals surface area contributed by atoms with Crippen LogP contribution in [0.3, 0.4) is 0 Å². The van der Waals surface area contributed by atoms with Crippen molar-refractivity contribution in [1.82, 2.24) is 0 Å². The molecule has 0 heterocycles. The highest BCUT2D eigenvalue weighted by atomic mass is 16.3. The van der Waals surface area contributed by atoms with Gasteiger partial charge in [-0.3, -0.25) is 9.59 Å².